The second-order valence-corrected chi connectivity index (χ2v) is 7.43. The largest absolute Gasteiger partial charge is 0.481 e. The molecule has 2 bridgehead atoms. The molecule has 140 valence electrons. The Morgan fingerprint density at radius 2 is 1.96 bits per heavy atom. The highest BCUT2D eigenvalue weighted by Crippen LogP contribution is 2.48. The van der Waals surface area contributed by atoms with Crippen LogP contribution in [0.2, 0.25) is 0 Å². The van der Waals surface area contributed by atoms with Gasteiger partial charge in [0, 0.05) is 6.42 Å². The van der Waals surface area contributed by atoms with Crippen LogP contribution in [0.3, 0.4) is 0 Å². The number of aliphatic carboxylic acids is 1. The molecule has 0 spiro atoms. The van der Waals surface area contributed by atoms with Crippen molar-refractivity contribution in [3.63, 3.8) is 0 Å². The van der Waals surface area contributed by atoms with Crippen LogP contribution < -0.4 is 0 Å². The Morgan fingerprint density at radius 1 is 1.23 bits per heavy atom. The lowest BCUT2D eigenvalue weighted by Crippen LogP contribution is -2.19. The fourth-order valence-electron chi connectivity index (χ4n) is 4.22. The normalized spacial score (nSPS) is 24.9. The highest BCUT2D eigenvalue weighted by atomic mass is 19.1. The van der Waals surface area contributed by atoms with Crippen LogP contribution >= 0.6 is 0 Å². The van der Waals surface area contributed by atoms with Crippen molar-refractivity contribution in [3.05, 3.63) is 53.4 Å². The van der Waals surface area contributed by atoms with Gasteiger partial charge in [-0.15, -0.1) is 0 Å². The van der Waals surface area contributed by atoms with Gasteiger partial charge in [-0.05, 0) is 66.4 Å². The molecule has 4 nitrogen and oxygen atoms in total. The van der Waals surface area contributed by atoms with Crippen LogP contribution in [0.4, 0.5) is 4.39 Å². The van der Waals surface area contributed by atoms with Gasteiger partial charge in [-0.2, -0.15) is 0 Å². The maximum atomic E-state index is 13.3. The lowest BCUT2D eigenvalue weighted by Gasteiger charge is -2.25. The van der Waals surface area contributed by atoms with E-state index in [0.717, 1.165) is 24.8 Å². The van der Waals surface area contributed by atoms with Crippen LogP contribution in [0, 0.1) is 17.7 Å². The number of aliphatic hydroxyl groups is 2. The first-order valence-electron chi connectivity index (χ1n) is 9.17. The number of halogens is 1. The van der Waals surface area contributed by atoms with Crippen molar-refractivity contribution >= 4 is 11.5 Å². The molecule has 1 fully saturated rings. The van der Waals surface area contributed by atoms with Gasteiger partial charge < -0.3 is 15.3 Å². The zero-order valence-corrected chi connectivity index (χ0v) is 14.6. The van der Waals surface area contributed by atoms with Gasteiger partial charge in [0.15, 0.2) is 0 Å². The van der Waals surface area contributed by atoms with Crippen molar-refractivity contribution in [2.45, 2.75) is 50.7 Å². The van der Waals surface area contributed by atoms with Crippen LogP contribution in [0.15, 0.2) is 42.0 Å². The summed E-state index contributed by atoms with van der Waals surface area (Å²) in [4.78, 5) is 10.6. The first-order chi connectivity index (χ1) is 12.4. The third kappa shape index (κ3) is 4.59. The summed E-state index contributed by atoms with van der Waals surface area (Å²) >= 11 is 0. The number of rotatable bonds is 7. The van der Waals surface area contributed by atoms with Crippen molar-refractivity contribution in [2.75, 3.05) is 0 Å². The number of hydrogen-bond donors (Lipinski definition) is 3. The van der Waals surface area contributed by atoms with Gasteiger partial charge in [0.2, 0.25) is 0 Å². The minimum Gasteiger partial charge on any atom is -0.481 e. The van der Waals surface area contributed by atoms with Crippen LogP contribution in [0.25, 0.3) is 5.57 Å². The summed E-state index contributed by atoms with van der Waals surface area (Å²) in [5.74, 6) is -0.229. The van der Waals surface area contributed by atoms with Crippen molar-refractivity contribution < 1.29 is 24.5 Å². The molecule has 3 rings (SSSR count). The molecule has 0 amide bonds. The van der Waals surface area contributed by atoms with Gasteiger partial charge >= 0.3 is 5.97 Å². The molecule has 0 saturated heterocycles. The minimum absolute atomic E-state index is 0.00471. The van der Waals surface area contributed by atoms with E-state index in [9.17, 15) is 19.4 Å². The molecule has 5 heteroatoms. The Labute approximate surface area is 152 Å². The SMILES string of the molecule is O=C(O)CC(O)CC(O)/C=C/C1=C(c2ccc(F)cc2)CC2CCC1C2. The Morgan fingerprint density at radius 3 is 2.65 bits per heavy atom. The Hall–Kier alpha value is -1.98. The molecule has 1 aromatic carbocycles. The standard InChI is InChI=1S/C21H25FO4/c22-16-5-3-14(4-6-16)20-10-13-1-2-15(9-13)19(20)8-7-17(23)11-18(24)12-21(25)26/h3-8,13,15,17-18,23-24H,1-2,9-12H2,(H,25,26)/b8-7+. The quantitative estimate of drug-likeness (QED) is 0.695. The van der Waals surface area contributed by atoms with E-state index in [-0.39, 0.29) is 18.7 Å². The van der Waals surface area contributed by atoms with Gasteiger partial charge in [-0.1, -0.05) is 24.3 Å². The van der Waals surface area contributed by atoms with Crippen molar-refractivity contribution in [3.8, 4) is 0 Å². The first-order valence-corrected chi connectivity index (χ1v) is 9.17. The van der Waals surface area contributed by atoms with Crippen LogP contribution in [0.1, 0.15) is 44.1 Å². The number of carboxylic acids is 1. The Kier molecular flexibility index (Phi) is 5.89. The number of benzene rings is 1. The lowest BCUT2D eigenvalue weighted by atomic mass is 9.80. The highest BCUT2D eigenvalue weighted by molar-refractivity contribution is 5.73. The predicted molar refractivity (Wildman–Crippen MR) is 96.8 cm³/mol. The van der Waals surface area contributed by atoms with Crippen molar-refractivity contribution in [1.82, 2.24) is 0 Å². The van der Waals surface area contributed by atoms with E-state index in [4.69, 9.17) is 5.11 Å². The molecular formula is C21H25FO4. The molecular weight excluding hydrogens is 335 g/mol. The zero-order chi connectivity index (χ0) is 18.7. The molecule has 1 saturated carbocycles. The number of carbonyl (C=O) groups is 1. The average Bonchev–Trinajstić information content (AvgIpc) is 2.96. The summed E-state index contributed by atoms with van der Waals surface area (Å²) in [6, 6.07) is 6.54. The summed E-state index contributed by atoms with van der Waals surface area (Å²) in [5.41, 5.74) is 3.40. The van der Waals surface area contributed by atoms with Crippen LogP contribution in [-0.4, -0.2) is 33.5 Å². The summed E-state index contributed by atoms with van der Waals surface area (Å²) in [6.07, 6.45) is 5.62. The van der Waals surface area contributed by atoms with Gasteiger partial charge in [0.1, 0.15) is 5.82 Å². The van der Waals surface area contributed by atoms with Crippen LogP contribution in [0.5, 0.6) is 0 Å². The maximum absolute atomic E-state index is 13.3. The zero-order valence-electron chi connectivity index (χ0n) is 14.6. The molecule has 4 unspecified atom stereocenters. The fourth-order valence-corrected chi connectivity index (χ4v) is 4.22. The van der Waals surface area contributed by atoms with Crippen molar-refractivity contribution in [1.29, 1.82) is 0 Å². The average molecular weight is 360 g/mol. The van der Waals surface area contributed by atoms with E-state index in [1.807, 2.05) is 6.08 Å². The molecule has 3 N–H and O–H groups in total. The molecule has 0 aliphatic heterocycles. The van der Waals surface area contributed by atoms with E-state index >= 15 is 0 Å². The summed E-state index contributed by atoms with van der Waals surface area (Å²) < 4.78 is 13.3. The van der Waals surface area contributed by atoms with Crippen molar-refractivity contribution in [2.24, 2.45) is 11.8 Å². The third-order valence-electron chi connectivity index (χ3n) is 5.44. The van der Waals surface area contributed by atoms with E-state index < -0.39 is 18.2 Å². The van der Waals surface area contributed by atoms with Gasteiger partial charge in [-0.25, -0.2) is 4.39 Å². The topological polar surface area (TPSA) is 77.8 Å². The summed E-state index contributed by atoms with van der Waals surface area (Å²) in [7, 11) is 0. The van der Waals surface area contributed by atoms with Crippen LogP contribution in [-0.2, 0) is 4.79 Å². The van der Waals surface area contributed by atoms with Gasteiger partial charge in [0.25, 0.3) is 0 Å². The number of fused-ring (bicyclic) bond motifs is 2. The summed E-state index contributed by atoms with van der Waals surface area (Å²) in [5, 5.41) is 28.5. The fraction of sp³-hybridized carbons (Fsp3) is 0.476. The molecule has 0 aromatic heterocycles. The number of hydrogen-bond acceptors (Lipinski definition) is 3. The monoisotopic (exact) mass is 360 g/mol. The van der Waals surface area contributed by atoms with E-state index in [2.05, 4.69) is 0 Å². The predicted octanol–water partition coefficient (Wildman–Crippen LogP) is 3.54. The Balaban J connectivity index is 1.79. The smallest absolute Gasteiger partial charge is 0.305 e. The summed E-state index contributed by atoms with van der Waals surface area (Å²) in [6.45, 7) is 0. The number of carboxylic acid groups (broad SMARTS) is 1. The maximum Gasteiger partial charge on any atom is 0.305 e. The van der Waals surface area contributed by atoms with E-state index in [0.29, 0.717) is 11.8 Å². The van der Waals surface area contributed by atoms with E-state index in [1.165, 1.54) is 29.7 Å². The van der Waals surface area contributed by atoms with Gasteiger partial charge in [-0.3, -0.25) is 4.79 Å². The Bertz CT molecular complexity index is 707. The molecule has 2 aliphatic rings. The third-order valence-corrected chi connectivity index (χ3v) is 5.44. The lowest BCUT2D eigenvalue weighted by molar-refractivity contribution is -0.139. The van der Waals surface area contributed by atoms with E-state index in [1.54, 1.807) is 18.2 Å². The minimum atomic E-state index is -1.08. The molecule has 26 heavy (non-hydrogen) atoms. The first kappa shape index (κ1) is 18.8. The molecule has 1 aromatic rings. The van der Waals surface area contributed by atoms with Gasteiger partial charge in [0.05, 0.1) is 18.6 Å². The molecule has 4 atom stereocenters. The molecule has 2 aliphatic carbocycles. The number of aliphatic hydroxyl groups excluding tert-OH is 2. The number of allylic oxidation sites excluding steroid dienone is 3. The molecule has 0 heterocycles. The highest BCUT2D eigenvalue weighted by Gasteiger charge is 2.34. The second-order valence-electron chi connectivity index (χ2n) is 7.43. The molecule has 0 radical (unpaired) electrons. The second kappa shape index (κ2) is 8.14.